The molecule has 3 N–H and O–H groups in total. The van der Waals surface area contributed by atoms with Crippen LogP contribution in [0.3, 0.4) is 0 Å². The van der Waals surface area contributed by atoms with Crippen LogP contribution in [-0.2, 0) is 41.9 Å². The number of amides is 2. The molecule has 3 heterocycles. The number of benzene rings is 2. The molecule has 3 aliphatic heterocycles. The molecule has 51 heavy (non-hydrogen) atoms. The maximum atomic E-state index is 13.3. The van der Waals surface area contributed by atoms with Gasteiger partial charge in [0.1, 0.15) is 16.7 Å². The Balaban J connectivity index is 0.000000440. The predicted octanol–water partition coefficient (Wildman–Crippen LogP) is 6.05. The Morgan fingerprint density at radius 2 is 1.88 bits per heavy atom. The van der Waals surface area contributed by atoms with E-state index < -0.39 is 11.0 Å². The summed E-state index contributed by atoms with van der Waals surface area (Å²) in [4.78, 5) is 35.0. The number of rotatable bonds is 1. The summed E-state index contributed by atoms with van der Waals surface area (Å²) in [5, 5.41) is 0.589. The number of nitrogens with one attached hydrogen (secondary N) is 1. The Kier molecular flexibility index (Phi) is 13.2. The first kappa shape index (κ1) is 38.8. The summed E-state index contributed by atoms with van der Waals surface area (Å²) in [5.74, 6) is 1.15. The zero-order valence-electron chi connectivity index (χ0n) is 30.2. The molecule has 2 fully saturated rings. The monoisotopic (exact) mass is 741 g/mol. The van der Waals surface area contributed by atoms with E-state index in [-0.39, 0.29) is 40.5 Å². The molecule has 2 amide bonds. The Morgan fingerprint density at radius 1 is 1.10 bits per heavy atom. The minimum atomic E-state index is -1.50. The first-order valence-corrected chi connectivity index (χ1v) is 19.6. The summed E-state index contributed by atoms with van der Waals surface area (Å²) in [5.41, 5.74) is 8.37. The molecule has 0 aromatic heterocycles. The van der Waals surface area contributed by atoms with E-state index in [9.17, 15) is 18.6 Å². The molecule has 2 aliphatic carbocycles. The minimum absolute atomic E-state index is 0.0463. The van der Waals surface area contributed by atoms with Gasteiger partial charge in [0.05, 0.1) is 30.3 Å². The molecule has 2 bridgehead atoms. The average molecular weight is 742 g/mol. The number of methoxy groups -OCH3 is 1. The summed E-state index contributed by atoms with van der Waals surface area (Å²) >= 11 is 6.41. The highest BCUT2D eigenvalue weighted by molar-refractivity contribution is 7.84. The van der Waals surface area contributed by atoms with Crippen molar-refractivity contribution < 1.29 is 32.8 Å². The molecule has 0 radical (unpaired) electrons. The number of ether oxygens (including phenoxy) is 3. The number of primary amides is 1. The van der Waals surface area contributed by atoms with Gasteiger partial charge in [-0.2, -0.15) is 0 Å². The minimum Gasteiger partial charge on any atom is -0.490 e. The Morgan fingerprint density at radius 3 is 2.53 bits per heavy atom. The molecule has 6 unspecified atom stereocenters. The van der Waals surface area contributed by atoms with Crippen LogP contribution >= 0.6 is 11.6 Å². The van der Waals surface area contributed by atoms with Gasteiger partial charge in [-0.1, -0.05) is 36.7 Å². The number of halogens is 1. The van der Waals surface area contributed by atoms with Crippen molar-refractivity contribution in [1.82, 2.24) is 4.72 Å². The van der Waals surface area contributed by atoms with Crippen LogP contribution in [0.2, 0.25) is 5.02 Å². The number of nitrogens with zero attached hydrogens (tertiary/aromatic N) is 1. The quantitative estimate of drug-likeness (QED) is 0.267. The smallest absolute Gasteiger partial charge is 0.305 e. The molecule has 2 aromatic rings. The van der Waals surface area contributed by atoms with E-state index in [2.05, 4.69) is 51.3 Å². The molecule has 1 spiro atoms. The lowest BCUT2D eigenvalue weighted by Crippen LogP contribution is -2.49. The van der Waals surface area contributed by atoms with Crippen LogP contribution in [0.5, 0.6) is 5.75 Å². The van der Waals surface area contributed by atoms with Crippen molar-refractivity contribution in [3.05, 3.63) is 70.3 Å². The summed E-state index contributed by atoms with van der Waals surface area (Å²) in [6.07, 6.45) is 12.2. The summed E-state index contributed by atoms with van der Waals surface area (Å²) in [6.45, 7) is 8.21. The number of fused-ring (bicyclic) bond motifs is 4. The van der Waals surface area contributed by atoms with Gasteiger partial charge in [0, 0.05) is 49.5 Å². The molecule has 7 rings (SSSR count). The number of aryl methyl sites for hydroxylation is 1. The highest BCUT2D eigenvalue weighted by Gasteiger charge is 2.44. The van der Waals surface area contributed by atoms with Crippen molar-refractivity contribution in [3.8, 4) is 5.75 Å². The van der Waals surface area contributed by atoms with Crippen LogP contribution in [0.4, 0.5) is 5.69 Å². The van der Waals surface area contributed by atoms with Crippen molar-refractivity contribution in [3.63, 3.8) is 0 Å². The van der Waals surface area contributed by atoms with Gasteiger partial charge in [0.2, 0.25) is 5.91 Å². The van der Waals surface area contributed by atoms with E-state index in [0.29, 0.717) is 37.0 Å². The molecule has 2 aromatic carbocycles. The Bertz CT molecular complexity index is 1620. The van der Waals surface area contributed by atoms with Gasteiger partial charge in [-0.25, -0.2) is 4.21 Å². The highest BCUT2D eigenvalue weighted by atomic mass is 35.5. The zero-order chi connectivity index (χ0) is 36.7. The summed E-state index contributed by atoms with van der Waals surface area (Å²) < 4.78 is 33.0. The largest absolute Gasteiger partial charge is 0.490 e. The lowest BCUT2D eigenvalue weighted by Gasteiger charge is -2.46. The second-order valence-electron chi connectivity index (χ2n) is 14.5. The van der Waals surface area contributed by atoms with Crippen LogP contribution in [0.25, 0.3) is 0 Å². The topological polar surface area (TPSA) is 137 Å². The zero-order valence-corrected chi connectivity index (χ0v) is 31.7. The Hall–Kier alpha value is -3.41. The van der Waals surface area contributed by atoms with E-state index in [1.54, 1.807) is 13.2 Å². The fraction of sp³-hybridized carbons (Fsp3) is 0.564. The standard InChI is InChI=1S/C33H41ClN2O4S.C4H6O2.C2H5NO/c1-21-6-4-8-30(39-3)27-12-9-25(27)18-36-19-33(15-5-7-23-16-26(34)11-13-28(23)33)20-40-31-14-10-24(17-29(31)36)32(37)35-41(38)22(21)2;5-4-2-1-3-6-4;1-2(3)4/h4,8,10-11,13-14,16-17,21-22,25,27,30H,5-7,9,12,15,18-20H2,1-3H3,(H,35,37);1-3H2;1H3,(H2,3,4)/b8-4+;;/t21?,22?,25?,27?,30?,33-,41?;;/m0../s1. The normalized spacial score (nSPS) is 30.6. The van der Waals surface area contributed by atoms with Crippen LogP contribution in [0, 0.1) is 17.8 Å². The molecule has 1 saturated heterocycles. The first-order chi connectivity index (χ1) is 24.4. The second-order valence-corrected chi connectivity index (χ2v) is 16.5. The van der Waals surface area contributed by atoms with Crippen LogP contribution in [0.15, 0.2) is 48.6 Å². The van der Waals surface area contributed by atoms with Gasteiger partial charge in [0.25, 0.3) is 5.91 Å². The van der Waals surface area contributed by atoms with Gasteiger partial charge in [0.15, 0.2) is 0 Å². The van der Waals surface area contributed by atoms with E-state index in [4.69, 9.17) is 21.1 Å². The highest BCUT2D eigenvalue weighted by Crippen LogP contribution is 2.47. The van der Waals surface area contributed by atoms with E-state index in [1.807, 2.05) is 25.1 Å². The lowest BCUT2D eigenvalue weighted by atomic mass is 9.68. The molecule has 10 nitrogen and oxygen atoms in total. The van der Waals surface area contributed by atoms with Gasteiger partial charge < -0.3 is 24.8 Å². The average Bonchev–Trinajstić information content (AvgIpc) is 3.52. The third kappa shape index (κ3) is 9.53. The van der Waals surface area contributed by atoms with E-state index >= 15 is 0 Å². The third-order valence-electron chi connectivity index (χ3n) is 10.9. The number of cyclic esters (lactones) is 1. The number of hydrogen-bond acceptors (Lipinski definition) is 8. The number of carbonyl (C=O) groups is 3. The number of hydrogen-bond donors (Lipinski definition) is 2. The summed E-state index contributed by atoms with van der Waals surface area (Å²) in [6, 6.07) is 12.0. The van der Waals surface area contributed by atoms with Crippen molar-refractivity contribution in [2.24, 2.45) is 23.5 Å². The van der Waals surface area contributed by atoms with Gasteiger partial charge in [-0.15, -0.1) is 0 Å². The maximum absolute atomic E-state index is 13.3. The molecule has 1 saturated carbocycles. The predicted molar refractivity (Wildman–Crippen MR) is 200 cm³/mol. The number of carbonyl (C=O) groups excluding carboxylic acids is 3. The fourth-order valence-electron chi connectivity index (χ4n) is 7.74. The van der Waals surface area contributed by atoms with Crippen LogP contribution < -0.4 is 20.1 Å². The van der Waals surface area contributed by atoms with Crippen LogP contribution in [0.1, 0.15) is 87.2 Å². The first-order valence-electron chi connectivity index (χ1n) is 18.0. The number of anilines is 1. The van der Waals surface area contributed by atoms with Gasteiger partial charge >= 0.3 is 5.97 Å². The molecule has 12 heteroatoms. The summed E-state index contributed by atoms with van der Waals surface area (Å²) in [7, 11) is 0.305. The fourth-order valence-corrected chi connectivity index (χ4v) is 8.95. The molecular formula is C39H52ClN3O7S. The van der Waals surface area contributed by atoms with E-state index in [1.165, 1.54) is 18.1 Å². The number of allylic oxidation sites excluding steroid dienone is 1. The van der Waals surface area contributed by atoms with Crippen LogP contribution in [-0.4, -0.2) is 66.8 Å². The maximum Gasteiger partial charge on any atom is 0.305 e. The molecule has 7 atom stereocenters. The van der Waals surface area contributed by atoms with E-state index in [0.717, 1.165) is 74.5 Å². The lowest BCUT2D eigenvalue weighted by molar-refractivity contribution is -0.138. The molecule has 278 valence electrons. The molecular weight excluding hydrogens is 690 g/mol. The number of esters is 1. The second kappa shape index (κ2) is 17.4. The van der Waals surface area contributed by atoms with Crippen molar-refractivity contribution in [2.45, 2.75) is 88.9 Å². The van der Waals surface area contributed by atoms with Gasteiger partial charge in [-0.3, -0.25) is 19.1 Å². The van der Waals surface area contributed by atoms with Crippen molar-refractivity contribution >= 4 is 46.1 Å². The Labute approximate surface area is 309 Å². The molecule has 5 aliphatic rings. The van der Waals surface area contributed by atoms with Crippen molar-refractivity contribution in [2.75, 3.05) is 38.3 Å². The number of nitrogens with two attached hydrogens (primary N) is 1. The third-order valence-corrected chi connectivity index (χ3v) is 12.6. The van der Waals surface area contributed by atoms with Crippen molar-refractivity contribution in [1.29, 1.82) is 0 Å². The SMILES string of the molecule is CC(N)=O.COC1/C=C/CC(C)C(C)S(=O)NC(=O)c2ccc3c(c2)N(CC2CCC21)C[C@@]1(CCCc2cc(Cl)ccc21)CO3.O=C1CCCO1. The van der Waals surface area contributed by atoms with Gasteiger partial charge in [-0.05, 0) is 111 Å².